The Bertz CT molecular complexity index is 967. The maximum atomic E-state index is 13.1. The van der Waals surface area contributed by atoms with E-state index in [4.69, 9.17) is 4.74 Å². The number of carbonyl (C=O) groups is 3. The normalized spacial score (nSPS) is 16.0. The summed E-state index contributed by atoms with van der Waals surface area (Å²) in [5.41, 5.74) is 0.628. The summed E-state index contributed by atoms with van der Waals surface area (Å²) in [6.45, 7) is 6.46. The van der Waals surface area contributed by atoms with Crippen LogP contribution in [0.4, 0.5) is 11.4 Å². The lowest BCUT2D eigenvalue weighted by Gasteiger charge is -2.42. The molecule has 2 amide bonds. The van der Waals surface area contributed by atoms with E-state index in [-0.39, 0.29) is 17.2 Å². The number of hydrogen-bond donors (Lipinski definition) is 2. The van der Waals surface area contributed by atoms with Crippen LogP contribution in [0.5, 0.6) is 5.75 Å². The second kappa shape index (κ2) is 6.99. The smallest absolute Gasteiger partial charge is 0.342 e. The Morgan fingerprint density at radius 1 is 1.18 bits per heavy atom. The molecule has 1 heterocycles. The molecule has 1 atom stereocenters. The first kappa shape index (κ1) is 19.4. The molecule has 0 saturated carbocycles. The number of carbonyl (C=O) groups excluding carboxylic acids is 3. The molecule has 0 saturated heterocycles. The number of phenolic OH excluding ortho intramolecular Hbond substituents is 1. The third-order valence-electron chi connectivity index (χ3n) is 4.73. The molecule has 7 nitrogen and oxygen atoms in total. The van der Waals surface area contributed by atoms with Crippen molar-refractivity contribution in [2.75, 3.05) is 10.2 Å². The van der Waals surface area contributed by atoms with E-state index in [2.05, 4.69) is 5.32 Å². The number of esters is 1. The zero-order chi connectivity index (χ0) is 20.6. The molecule has 0 aromatic heterocycles. The number of para-hydroxylation sites is 2. The maximum absolute atomic E-state index is 13.1. The van der Waals surface area contributed by atoms with Crippen molar-refractivity contribution in [2.24, 2.45) is 0 Å². The summed E-state index contributed by atoms with van der Waals surface area (Å²) in [7, 11) is 0. The first-order valence-corrected chi connectivity index (χ1v) is 8.88. The van der Waals surface area contributed by atoms with Gasteiger partial charge in [-0.15, -0.1) is 0 Å². The number of aromatic hydroxyl groups is 1. The number of amides is 2. The quantitative estimate of drug-likeness (QED) is 0.796. The topological polar surface area (TPSA) is 95.9 Å². The fourth-order valence-corrected chi connectivity index (χ4v) is 3.12. The van der Waals surface area contributed by atoms with Crippen molar-refractivity contribution in [3.8, 4) is 5.75 Å². The minimum absolute atomic E-state index is 0.0266. The summed E-state index contributed by atoms with van der Waals surface area (Å²) < 4.78 is 5.29. The lowest BCUT2D eigenvalue weighted by Crippen LogP contribution is -2.60. The van der Waals surface area contributed by atoms with Crippen molar-refractivity contribution in [3.63, 3.8) is 0 Å². The van der Waals surface area contributed by atoms with Crippen LogP contribution in [0.15, 0.2) is 42.5 Å². The fourth-order valence-electron chi connectivity index (χ4n) is 3.12. The second-order valence-corrected chi connectivity index (χ2v) is 7.27. The van der Waals surface area contributed by atoms with Crippen LogP contribution in [-0.2, 0) is 14.3 Å². The van der Waals surface area contributed by atoms with E-state index >= 15 is 0 Å². The third-order valence-corrected chi connectivity index (χ3v) is 4.73. The zero-order valence-corrected chi connectivity index (χ0v) is 16.1. The van der Waals surface area contributed by atoms with Crippen LogP contribution in [0.25, 0.3) is 0 Å². The third kappa shape index (κ3) is 3.31. The minimum Gasteiger partial charge on any atom is -0.507 e. The number of nitrogens with zero attached hydrogens (tertiary/aromatic N) is 1. The predicted octanol–water partition coefficient (Wildman–Crippen LogP) is 3.01. The van der Waals surface area contributed by atoms with Gasteiger partial charge in [-0.05, 0) is 57.5 Å². The molecule has 3 rings (SSSR count). The van der Waals surface area contributed by atoms with E-state index in [9.17, 15) is 19.5 Å². The molecule has 1 aliphatic heterocycles. The molecule has 7 heteroatoms. The fraction of sp³-hybridized carbons (Fsp3) is 0.286. The van der Waals surface area contributed by atoms with Crippen molar-refractivity contribution < 1.29 is 24.2 Å². The molecule has 0 bridgehead atoms. The molecular weight excluding hydrogens is 360 g/mol. The van der Waals surface area contributed by atoms with Crippen LogP contribution in [0.3, 0.4) is 0 Å². The summed E-state index contributed by atoms with van der Waals surface area (Å²) in [5.74, 6) is -1.90. The number of nitrogens with one attached hydrogen (secondary N) is 1. The Labute approximate surface area is 162 Å². The SMILES string of the molecule is Cc1ccc(C(=O)O[C@@H](C)C(=O)N2c3ccccc3NC(=O)C2(C)C)c(O)c1. The van der Waals surface area contributed by atoms with Crippen LogP contribution in [-0.4, -0.2) is 34.5 Å². The van der Waals surface area contributed by atoms with Gasteiger partial charge < -0.3 is 15.2 Å². The van der Waals surface area contributed by atoms with Crippen LogP contribution in [0.1, 0.15) is 36.7 Å². The molecule has 2 N–H and O–H groups in total. The predicted molar refractivity (Wildman–Crippen MR) is 104 cm³/mol. The van der Waals surface area contributed by atoms with Crippen molar-refractivity contribution >= 4 is 29.2 Å². The van der Waals surface area contributed by atoms with Gasteiger partial charge in [0.15, 0.2) is 6.10 Å². The molecule has 0 radical (unpaired) electrons. The van der Waals surface area contributed by atoms with E-state index < -0.39 is 23.5 Å². The highest BCUT2D eigenvalue weighted by atomic mass is 16.5. The van der Waals surface area contributed by atoms with Crippen LogP contribution in [0.2, 0.25) is 0 Å². The Kier molecular flexibility index (Phi) is 4.85. The summed E-state index contributed by atoms with van der Waals surface area (Å²) >= 11 is 0. The average Bonchev–Trinajstić information content (AvgIpc) is 2.62. The van der Waals surface area contributed by atoms with E-state index in [0.29, 0.717) is 11.4 Å². The lowest BCUT2D eigenvalue weighted by molar-refractivity contribution is -0.131. The van der Waals surface area contributed by atoms with Gasteiger partial charge in [0.1, 0.15) is 16.9 Å². The summed E-state index contributed by atoms with van der Waals surface area (Å²) in [4.78, 5) is 39.4. The number of aryl methyl sites for hydroxylation is 1. The van der Waals surface area contributed by atoms with Crippen LogP contribution in [0, 0.1) is 6.92 Å². The van der Waals surface area contributed by atoms with Crippen LogP contribution >= 0.6 is 0 Å². The number of anilines is 2. The maximum Gasteiger partial charge on any atom is 0.342 e. The first-order valence-electron chi connectivity index (χ1n) is 8.88. The van der Waals surface area contributed by atoms with Crippen molar-refractivity contribution in [1.82, 2.24) is 0 Å². The average molecular weight is 382 g/mol. The van der Waals surface area contributed by atoms with Gasteiger partial charge in [-0.3, -0.25) is 14.5 Å². The highest BCUT2D eigenvalue weighted by Gasteiger charge is 2.45. The van der Waals surface area contributed by atoms with Crippen LogP contribution < -0.4 is 10.2 Å². The van der Waals surface area contributed by atoms with Crippen molar-refractivity contribution in [1.29, 1.82) is 0 Å². The summed E-state index contributed by atoms with van der Waals surface area (Å²) in [6.07, 6.45) is -1.16. The Balaban J connectivity index is 1.88. The largest absolute Gasteiger partial charge is 0.507 e. The number of benzene rings is 2. The van der Waals surface area contributed by atoms with E-state index in [1.165, 1.54) is 24.0 Å². The number of phenols is 1. The Hall–Kier alpha value is -3.35. The molecule has 2 aromatic rings. The summed E-state index contributed by atoms with van der Waals surface area (Å²) in [5, 5.41) is 12.7. The molecule has 28 heavy (non-hydrogen) atoms. The van der Waals surface area contributed by atoms with E-state index in [1.807, 2.05) is 0 Å². The highest BCUT2D eigenvalue weighted by molar-refractivity contribution is 6.15. The number of ether oxygens (including phenoxy) is 1. The molecular formula is C21H22N2O5. The molecule has 146 valence electrons. The first-order chi connectivity index (χ1) is 13.1. The second-order valence-electron chi connectivity index (χ2n) is 7.27. The number of fused-ring (bicyclic) bond motifs is 1. The number of rotatable bonds is 3. The Morgan fingerprint density at radius 3 is 2.54 bits per heavy atom. The van der Waals surface area contributed by atoms with Gasteiger partial charge in [0.05, 0.1) is 11.4 Å². The van der Waals surface area contributed by atoms with Gasteiger partial charge >= 0.3 is 5.97 Å². The molecule has 0 unspecified atom stereocenters. The molecule has 0 aliphatic carbocycles. The standard InChI is InChI=1S/C21H22N2O5/c1-12-9-10-14(17(24)11-12)19(26)28-13(2)18(25)23-16-8-6-5-7-15(16)22-20(27)21(23,3)4/h5-11,13,24H,1-4H3,(H,22,27)/t13-/m0/s1. The van der Waals surface area contributed by atoms with Gasteiger partial charge in [0.25, 0.3) is 5.91 Å². The minimum atomic E-state index is -1.17. The van der Waals surface area contributed by atoms with Gasteiger partial charge in [0.2, 0.25) is 5.91 Å². The molecule has 0 fully saturated rings. The summed E-state index contributed by atoms with van der Waals surface area (Å²) in [6, 6.07) is 11.5. The monoisotopic (exact) mass is 382 g/mol. The lowest BCUT2D eigenvalue weighted by atomic mass is 9.95. The van der Waals surface area contributed by atoms with Gasteiger partial charge in [0, 0.05) is 0 Å². The van der Waals surface area contributed by atoms with Gasteiger partial charge in [-0.1, -0.05) is 18.2 Å². The zero-order valence-electron chi connectivity index (χ0n) is 16.1. The highest BCUT2D eigenvalue weighted by Crippen LogP contribution is 2.37. The van der Waals surface area contributed by atoms with Crippen molar-refractivity contribution in [2.45, 2.75) is 39.3 Å². The molecule has 1 aliphatic rings. The number of hydrogen-bond acceptors (Lipinski definition) is 5. The van der Waals surface area contributed by atoms with Gasteiger partial charge in [-0.25, -0.2) is 4.79 Å². The van der Waals surface area contributed by atoms with Crippen molar-refractivity contribution in [3.05, 3.63) is 53.6 Å². The molecule has 0 spiro atoms. The van der Waals surface area contributed by atoms with Gasteiger partial charge in [-0.2, -0.15) is 0 Å². The Morgan fingerprint density at radius 2 is 1.86 bits per heavy atom. The van der Waals surface area contributed by atoms with E-state index in [1.54, 1.807) is 51.1 Å². The molecule has 2 aromatic carbocycles. The van der Waals surface area contributed by atoms with E-state index in [0.717, 1.165) is 5.56 Å².